The Morgan fingerprint density at radius 2 is 2.14 bits per heavy atom. The molecule has 0 unspecified atom stereocenters. The quantitative estimate of drug-likeness (QED) is 0.743. The molecule has 0 aliphatic carbocycles. The van der Waals surface area contributed by atoms with E-state index in [0.717, 1.165) is 0 Å². The first kappa shape index (κ1) is 16.4. The average Bonchev–Trinajstić information content (AvgIpc) is 2.67. The third-order valence-corrected chi connectivity index (χ3v) is 4.07. The molecule has 1 aliphatic heterocycles. The number of carboxylic acids is 1. The molecule has 1 saturated heterocycles. The Hall–Kier alpha value is -1.97. The second-order valence-corrected chi connectivity index (χ2v) is 7.63. The van der Waals surface area contributed by atoms with Gasteiger partial charge in [-0.3, -0.25) is 4.79 Å². The molecular formula is C12H19N5O4S. The van der Waals surface area contributed by atoms with Crippen molar-refractivity contribution >= 4 is 29.8 Å². The molecule has 0 atom stereocenters. The van der Waals surface area contributed by atoms with Gasteiger partial charge in [0.1, 0.15) is 5.60 Å². The Bertz CT molecular complexity index is 576. The fraction of sp³-hybridized carbons (Fsp3) is 0.667. The van der Waals surface area contributed by atoms with E-state index in [4.69, 9.17) is 15.6 Å². The Morgan fingerprint density at radius 1 is 1.50 bits per heavy atom. The summed E-state index contributed by atoms with van der Waals surface area (Å²) in [6.45, 7) is 5.85. The molecule has 1 amide bonds. The number of nitrogens with one attached hydrogen (secondary N) is 1. The van der Waals surface area contributed by atoms with Gasteiger partial charge >= 0.3 is 12.1 Å². The minimum absolute atomic E-state index is 0.106. The van der Waals surface area contributed by atoms with Gasteiger partial charge in [-0.05, 0) is 20.8 Å². The van der Waals surface area contributed by atoms with Crippen molar-refractivity contribution in [3.8, 4) is 0 Å². The number of aromatic nitrogens is 3. The number of ether oxygens (including phenoxy) is 1. The van der Waals surface area contributed by atoms with Gasteiger partial charge in [-0.25, -0.2) is 9.89 Å². The Balaban J connectivity index is 2.02. The summed E-state index contributed by atoms with van der Waals surface area (Å²) in [5.74, 6) is -0.781. The first-order valence-electron chi connectivity index (χ1n) is 6.65. The van der Waals surface area contributed by atoms with Gasteiger partial charge in [-0.2, -0.15) is 4.98 Å². The lowest BCUT2D eigenvalue weighted by atomic mass is 9.95. The molecular weight excluding hydrogens is 310 g/mol. The van der Waals surface area contributed by atoms with Crippen LogP contribution >= 0.6 is 11.8 Å². The zero-order chi connectivity index (χ0) is 16.5. The maximum absolute atomic E-state index is 12.0. The highest BCUT2D eigenvalue weighted by Crippen LogP contribution is 2.42. The molecule has 9 nitrogen and oxygen atoms in total. The van der Waals surface area contributed by atoms with Crippen molar-refractivity contribution in [2.24, 2.45) is 0 Å². The zero-order valence-electron chi connectivity index (χ0n) is 12.6. The lowest BCUT2D eigenvalue weighted by Gasteiger charge is -2.48. The second kappa shape index (κ2) is 5.67. The topological polar surface area (TPSA) is 134 Å². The fourth-order valence-electron chi connectivity index (χ4n) is 2.09. The molecule has 10 heteroatoms. The van der Waals surface area contributed by atoms with Crippen LogP contribution in [-0.4, -0.2) is 60.7 Å². The number of carbonyl (C=O) groups excluding carboxylic acids is 1. The van der Waals surface area contributed by atoms with Crippen LogP contribution in [0.3, 0.4) is 0 Å². The molecule has 0 spiro atoms. The maximum Gasteiger partial charge on any atom is 0.410 e. The van der Waals surface area contributed by atoms with E-state index < -0.39 is 22.4 Å². The molecule has 1 aromatic rings. The summed E-state index contributed by atoms with van der Waals surface area (Å²) in [4.78, 5) is 28.5. The predicted molar refractivity (Wildman–Crippen MR) is 79.4 cm³/mol. The molecule has 2 heterocycles. The van der Waals surface area contributed by atoms with Gasteiger partial charge in [0.05, 0.1) is 11.2 Å². The van der Waals surface area contributed by atoms with Crippen LogP contribution in [0, 0.1) is 0 Å². The van der Waals surface area contributed by atoms with Crippen LogP contribution in [-0.2, 0) is 9.53 Å². The summed E-state index contributed by atoms with van der Waals surface area (Å²) in [5, 5.41) is 15.8. The number of nitrogens with zero attached hydrogens (tertiary/aromatic N) is 3. The van der Waals surface area contributed by atoms with Gasteiger partial charge in [-0.1, -0.05) is 11.8 Å². The predicted octanol–water partition coefficient (Wildman–Crippen LogP) is 0.943. The van der Waals surface area contributed by atoms with E-state index in [1.165, 1.54) is 16.7 Å². The third kappa shape index (κ3) is 4.03. The van der Waals surface area contributed by atoms with Crippen LogP contribution in [0.2, 0.25) is 0 Å². The number of nitrogens with two attached hydrogens (primary N) is 1. The molecule has 1 aromatic heterocycles. The minimum atomic E-state index is -0.945. The number of anilines is 1. The van der Waals surface area contributed by atoms with Gasteiger partial charge < -0.3 is 20.5 Å². The highest BCUT2D eigenvalue weighted by molar-refractivity contribution is 8.00. The van der Waals surface area contributed by atoms with Crippen LogP contribution in [0.15, 0.2) is 5.16 Å². The molecule has 1 fully saturated rings. The molecule has 4 N–H and O–H groups in total. The largest absolute Gasteiger partial charge is 0.481 e. The van der Waals surface area contributed by atoms with Crippen molar-refractivity contribution in [2.75, 3.05) is 18.8 Å². The summed E-state index contributed by atoms with van der Waals surface area (Å²) in [6.07, 6.45) is -0.561. The number of carboxylic acid groups (broad SMARTS) is 1. The summed E-state index contributed by atoms with van der Waals surface area (Å²) >= 11 is 1.20. The molecule has 0 saturated carbocycles. The van der Waals surface area contributed by atoms with Gasteiger partial charge in [0.15, 0.2) is 0 Å². The number of hydrogen-bond donors (Lipinski definition) is 3. The summed E-state index contributed by atoms with van der Waals surface area (Å²) < 4.78 is 4.60. The average molecular weight is 329 g/mol. The van der Waals surface area contributed by atoms with Gasteiger partial charge in [-0.15, -0.1) is 5.10 Å². The second-order valence-electron chi connectivity index (χ2n) is 6.20. The molecule has 0 radical (unpaired) electrons. The van der Waals surface area contributed by atoms with Crippen molar-refractivity contribution in [2.45, 2.75) is 42.7 Å². The highest BCUT2D eigenvalue weighted by Gasteiger charge is 2.49. The number of amides is 1. The fourth-order valence-corrected chi connectivity index (χ4v) is 3.35. The van der Waals surface area contributed by atoms with E-state index in [9.17, 15) is 9.59 Å². The number of aromatic amines is 1. The summed E-state index contributed by atoms with van der Waals surface area (Å²) in [5.41, 5.74) is 4.87. The van der Waals surface area contributed by atoms with E-state index in [0.29, 0.717) is 5.16 Å². The number of carbonyl (C=O) groups is 2. The minimum Gasteiger partial charge on any atom is -0.481 e. The van der Waals surface area contributed by atoms with Crippen molar-refractivity contribution in [1.82, 2.24) is 20.1 Å². The third-order valence-electron chi connectivity index (χ3n) is 2.87. The molecule has 22 heavy (non-hydrogen) atoms. The zero-order valence-corrected chi connectivity index (χ0v) is 13.4. The SMILES string of the molecule is CC(C)(C)OC(=O)N1CC(CC(=O)O)(Sc2n[nH]c(N)n2)C1. The van der Waals surface area contributed by atoms with Crippen LogP contribution in [0.4, 0.5) is 10.7 Å². The normalized spacial score (nSPS) is 17.0. The lowest BCUT2D eigenvalue weighted by molar-refractivity contribution is -0.138. The van der Waals surface area contributed by atoms with Crippen LogP contribution in [0.5, 0.6) is 0 Å². The van der Waals surface area contributed by atoms with E-state index in [-0.39, 0.29) is 25.5 Å². The Labute approximate surface area is 131 Å². The maximum atomic E-state index is 12.0. The smallest absolute Gasteiger partial charge is 0.410 e. The molecule has 2 rings (SSSR count). The molecule has 1 aliphatic rings. The van der Waals surface area contributed by atoms with Crippen molar-refractivity contribution in [3.63, 3.8) is 0 Å². The number of thioether (sulfide) groups is 1. The highest BCUT2D eigenvalue weighted by atomic mass is 32.2. The van der Waals surface area contributed by atoms with Gasteiger partial charge in [0, 0.05) is 13.1 Å². The molecule has 0 aromatic carbocycles. The van der Waals surface area contributed by atoms with E-state index in [1.54, 1.807) is 20.8 Å². The van der Waals surface area contributed by atoms with Crippen LogP contribution in [0.1, 0.15) is 27.2 Å². The van der Waals surface area contributed by atoms with Gasteiger partial charge in [0.2, 0.25) is 11.1 Å². The first-order chi connectivity index (χ1) is 10.1. The Kier molecular flexibility index (Phi) is 4.23. The van der Waals surface area contributed by atoms with Crippen LogP contribution < -0.4 is 5.73 Å². The lowest BCUT2D eigenvalue weighted by Crippen LogP contribution is -2.62. The monoisotopic (exact) mass is 329 g/mol. The number of likely N-dealkylation sites (tertiary alicyclic amines) is 1. The van der Waals surface area contributed by atoms with Crippen LogP contribution in [0.25, 0.3) is 0 Å². The van der Waals surface area contributed by atoms with Crippen molar-refractivity contribution in [3.05, 3.63) is 0 Å². The number of rotatable bonds is 4. The molecule has 0 bridgehead atoms. The number of aliphatic carboxylic acids is 1. The standard InChI is InChI=1S/C12H19N5O4S/c1-11(2,3)21-10(20)17-5-12(6-17,4-7(18)19)22-9-14-8(13)15-16-9/h4-6H2,1-3H3,(H,18,19)(H3,13,14,15,16). The summed E-state index contributed by atoms with van der Waals surface area (Å²) in [7, 11) is 0. The molecule has 122 valence electrons. The summed E-state index contributed by atoms with van der Waals surface area (Å²) in [6, 6.07) is 0. The Morgan fingerprint density at radius 3 is 2.59 bits per heavy atom. The number of H-pyrrole nitrogens is 1. The first-order valence-corrected chi connectivity index (χ1v) is 7.47. The number of nitrogen functional groups attached to an aromatic ring is 1. The van der Waals surface area contributed by atoms with E-state index in [1.807, 2.05) is 0 Å². The van der Waals surface area contributed by atoms with E-state index >= 15 is 0 Å². The van der Waals surface area contributed by atoms with Crippen molar-refractivity contribution < 1.29 is 19.4 Å². The van der Waals surface area contributed by atoms with Crippen molar-refractivity contribution in [1.29, 1.82) is 0 Å². The van der Waals surface area contributed by atoms with E-state index in [2.05, 4.69) is 15.2 Å². The number of hydrogen-bond acceptors (Lipinski definition) is 7. The van der Waals surface area contributed by atoms with Gasteiger partial charge in [0.25, 0.3) is 0 Å².